The highest BCUT2D eigenvalue weighted by molar-refractivity contribution is 5.87. The van der Waals surface area contributed by atoms with Crippen molar-refractivity contribution in [1.82, 2.24) is 15.5 Å². The molecule has 20 heavy (non-hydrogen) atoms. The maximum atomic E-state index is 10.0. The predicted octanol–water partition coefficient (Wildman–Crippen LogP) is 2.26. The van der Waals surface area contributed by atoms with Crippen molar-refractivity contribution in [3.8, 4) is 5.75 Å². The summed E-state index contributed by atoms with van der Waals surface area (Å²) in [6.45, 7) is 1.33. The van der Waals surface area contributed by atoms with E-state index in [4.69, 9.17) is 0 Å². The van der Waals surface area contributed by atoms with Gasteiger partial charge >= 0.3 is 0 Å². The lowest BCUT2D eigenvalue weighted by molar-refractivity contribution is 0.409. The number of hydrogen-bond donors (Lipinski definition) is 2. The molecule has 1 heterocycles. The fourth-order valence-corrected chi connectivity index (χ4v) is 2.23. The van der Waals surface area contributed by atoms with Crippen LogP contribution in [-0.2, 0) is 13.0 Å². The number of nitrogens with zero attached hydrogens (tertiary/aromatic N) is 2. The third kappa shape index (κ3) is 2.62. The Hall–Kier alpha value is -2.40. The molecule has 0 atom stereocenters. The van der Waals surface area contributed by atoms with Crippen LogP contribution >= 0.6 is 0 Å². The minimum atomic E-state index is 0.316. The van der Waals surface area contributed by atoms with Crippen LogP contribution in [0.2, 0.25) is 0 Å². The summed E-state index contributed by atoms with van der Waals surface area (Å²) in [6, 6.07) is 11.7. The van der Waals surface area contributed by atoms with Gasteiger partial charge in [0, 0.05) is 25.1 Å². The van der Waals surface area contributed by atoms with Gasteiger partial charge in [-0.2, -0.15) is 4.98 Å². The van der Waals surface area contributed by atoms with Gasteiger partial charge in [-0.15, -0.1) is 0 Å². The Balaban J connectivity index is 1.69. The van der Waals surface area contributed by atoms with Gasteiger partial charge in [-0.25, -0.2) is 0 Å². The molecule has 5 heteroatoms. The first-order valence-electron chi connectivity index (χ1n) is 6.50. The number of aromatic hydroxyl groups is 1. The number of phenolic OH excluding ortho intramolecular Hbond substituents is 1. The van der Waals surface area contributed by atoms with Gasteiger partial charge in [0.25, 0.3) is 0 Å². The molecule has 1 aromatic heterocycles. The number of hydrogen-bond acceptors (Lipinski definition) is 5. The summed E-state index contributed by atoms with van der Waals surface area (Å²) in [5.74, 6) is 0.996. The lowest BCUT2D eigenvalue weighted by Crippen LogP contribution is -2.17. The van der Waals surface area contributed by atoms with Gasteiger partial charge in [0.2, 0.25) is 6.39 Å². The van der Waals surface area contributed by atoms with Crippen LogP contribution in [0.5, 0.6) is 5.75 Å². The van der Waals surface area contributed by atoms with E-state index in [2.05, 4.69) is 20.0 Å². The molecule has 3 aromatic rings. The van der Waals surface area contributed by atoms with Gasteiger partial charge in [0.15, 0.2) is 5.82 Å². The van der Waals surface area contributed by atoms with Crippen LogP contribution in [0.3, 0.4) is 0 Å². The summed E-state index contributed by atoms with van der Waals surface area (Å²) in [5, 5.41) is 19.3. The van der Waals surface area contributed by atoms with Gasteiger partial charge in [0.1, 0.15) is 5.75 Å². The number of aromatic nitrogens is 2. The monoisotopic (exact) mass is 269 g/mol. The number of rotatable bonds is 5. The molecular weight excluding hydrogens is 254 g/mol. The molecule has 0 bridgehead atoms. The van der Waals surface area contributed by atoms with Gasteiger partial charge in [-0.1, -0.05) is 35.5 Å². The standard InChI is InChI=1S/C15H15N3O2/c19-14-6-5-11-3-1-2-4-12(11)13(14)9-16-8-7-15-17-10-20-18-15/h1-6,10,16,19H,7-9H2. The molecule has 2 N–H and O–H groups in total. The van der Waals surface area contributed by atoms with Crippen molar-refractivity contribution in [1.29, 1.82) is 0 Å². The van der Waals surface area contributed by atoms with Gasteiger partial charge in [-0.05, 0) is 16.8 Å². The Morgan fingerprint density at radius 3 is 2.90 bits per heavy atom. The van der Waals surface area contributed by atoms with Crippen LogP contribution in [0.4, 0.5) is 0 Å². The van der Waals surface area contributed by atoms with E-state index in [9.17, 15) is 5.11 Å². The third-order valence-corrected chi connectivity index (χ3v) is 3.25. The molecule has 0 unspecified atom stereocenters. The molecule has 0 saturated heterocycles. The van der Waals surface area contributed by atoms with Crippen molar-refractivity contribution in [2.45, 2.75) is 13.0 Å². The molecule has 5 nitrogen and oxygen atoms in total. The smallest absolute Gasteiger partial charge is 0.213 e. The molecule has 3 rings (SSSR count). The molecule has 0 aliphatic rings. The summed E-state index contributed by atoms with van der Waals surface area (Å²) in [5.41, 5.74) is 0.913. The zero-order valence-corrected chi connectivity index (χ0v) is 10.9. The van der Waals surface area contributed by atoms with E-state index in [1.165, 1.54) is 6.39 Å². The molecule has 0 spiro atoms. The molecular formula is C15H15N3O2. The summed E-state index contributed by atoms with van der Waals surface area (Å²) in [6.07, 6.45) is 2.02. The SMILES string of the molecule is Oc1ccc2ccccc2c1CNCCc1ncon1. The summed E-state index contributed by atoms with van der Waals surface area (Å²) in [7, 11) is 0. The van der Waals surface area contributed by atoms with E-state index < -0.39 is 0 Å². The number of phenols is 1. The van der Waals surface area contributed by atoms with Crippen LogP contribution in [0.15, 0.2) is 47.3 Å². The van der Waals surface area contributed by atoms with Crippen molar-refractivity contribution in [2.75, 3.05) is 6.54 Å². The molecule has 0 fully saturated rings. The van der Waals surface area contributed by atoms with E-state index in [1.54, 1.807) is 6.07 Å². The Morgan fingerprint density at radius 2 is 2.05 bits per heavy atom. The van der Waals surface area contributed by atoms with Crippen molar-refractivity contribution in [2.24, 2.45) is 0 Å². The molecule has 0 saturated carbocycles. The van der Waals surface area contributed by atoms with Gasteiger partial charge < -0.3 is 14.9 Å². The highest BCUT2D eigenvalue weighted by Gasteiger charge is 2.06. The molecule has 0 radical (unpaired) electrons. The molecule has 2 aromatic carbocycles. The average molecular weight is 269 g/mol. The van der Waals surface area contributed by atoms with E-state index in [-0.39, 0.29) is 0 Å². The third-order valence-electron chi connectivity index (χ3n) is 3.25. The second kappa shape index (κ2) is 5.71. The predicted molar refractivity (Wildman–Crippen MR) is 75.3 cm³/mol. The van der Waals surface area contributed by atoms with E-state index >= 15 is 0 Å². The largest absolute Gasteiger partial charge is 0.508 e. The number of fused-ring (bicyclic) bond motifs is 1. The molecule has 0 aliphatic heterocycles. The Morgan fingerprint density at radius 1 is 1.15 bits per heavy atom. The quantitative estimate of drug-likeness (QED) is 0.695. The summed E-state index contributed by atoms with van der Waals surface area (Å²) < 4.78 is 4.68. The van der Waals surface area contributed by atoms with Crippen molar-refractivity contribution in [3.05, 3.63) is 54.2 Å². The van der Waals surface area contributed by atoms with Crippen LogP contribution in [0.25, 0.3) is 10.8 Å². The first-order chi connectivity index (χ1) is 9.84. The minimum Gasteiger partial charge on any atom is -0.508 e. The van der Waals surface area contributed by atoms with E-state index in [0.29, 0.717) is 24.5 Å². The molecule has 102 valence electrons. The Labute approximate surface area is 116 Å². The zero-order chi connectivity index (χ0) is 13.8. The highest BCUT2D eigenvalue weighted by Crippen LogP contribution is 2.26. The zero-order valence-electron chi connectivity index (χ0n) is 10.9. The molecule has 0 aliphatic carbocycles. The second-order valence-electron chi connectivity index (χ2n) is 4.56. The van der Waals surface area contributed by atoms with E-state index in [1.807, 2.05) is 30.3 Å². The summed E-state index contributed by atoms with van der Waals surface area (Å²) >= 11 is 0. The fourth-order valence-electron chi connectivity index (χ4n) is 2.23. The molecule has 0 amide bonds. The second-order valence-corrected chi connectivity index (χ2v) is 4.56. The fraction of sp³-hybridized carbons (Fsp3) is 0.200. The first-order valence-corrected chi connectivity index (χ1v) is 6.50. The van der Waals surface area contributed by atoms with Crippen molar-refractivity contribution >= 4 is 10.8 Å². The first kappa shape index (κ1) is 12.6. The van der Waals surface area contributed by atoms with Crippen molar-refractivity contribution in [3.63, 3.8) is 0 Å². The minimum absolute atomic E-state index is 0.316. The van der Waals surface area contributed by atoms with Crippen LogP contribution in [0.1, 0.15) is 11.4 Å². The average Bonchev–Trinajstić information content (AvgIpc) is 2.98. The number of benzene rings is 2. The topological polar surface area (TPSA) is 71.2 Å². The van der Waals surface area contributed by atoms with Crippen molar-refractivity contribution < 1.29 is 9.63 Å². The maximum absolute atomic E-state index is 10.0. The highest BCUT2D eigenvalue weighted by atomic mass is 16.5. The summed E-state index contributed by atoms with van der Waals surface area (Å²) in [4.78, 5) is 3.96. The van der Waals surface area contributed by atoms with Crippen LogP contribution in [0, 0.1) is 0 Å². The normalized spacial score (nSPS) is 11.0. The number of nitrogens with one attached hydrogen (secondary N) is 1. The Kier molecular flexibility index (Phi) is 3.60. The maximum Gasteiger partial charge on any atom is 0.213 e. The van der Waals surface area contributed by atoms with Gasteiger partial charge in [0.05, 0.1) is 0 Å². The lowest BCUT2D eigenvalue weighted by atomic mass is 10.0. The van der Waals surface area contributed by atoms with Crippen LogP contribution in [-0.4, -0.2) is 21.8 Å². The van der Waals surface area contributed by atoms with E-state index in [0.717, 1.165) is 22.9 Å². The van der Waals surface area contributed by atoms with Crippen LogP contribution < -0.4 is 5.32 Å². The van der Waals surface area contributed by atoms with Gasteiger partial charge in [-0.3, -0.25) is 0 Å². The lowest BCUT2D eigenvalue weighted by Gasteiger charge is -2.10. The Bertz CT molecular complexity index is 695.